The molecule has 2 aliphatic rings. The van der Waals surface area contributed by atoms with Crippen molar-refractivity contribution in [2.75, 3.05) is 14.1 Å². The van der Waals surface area contributed by atoms with E-state index in [1.54, 1.807) is 12.4 Å². The molecule has 0 bridgehead atoms. The van der Waals surface area contributed by atoms with Crippen molar-refractivity contribution in [2.24, 2.45) is 0 Å². The molecule has 0 saturated heterocycles. The Morgan fingerprint density at radius 1 is 0.486 bits per heavy atom. The number of pyridine rings is 2. The average Bonchev–Trinajstić information content (AvgIpc) is 4.24. The van der Waals surface area contributed by atoms with Crippen LogP contribution in [0.3, 0.4) is 0 Å². The van der Waals surface area contributed by atoms with Gasteiger partial charge in [-0.25, -0.2) is 9.97 Å². The molecular formula is C56H32N8O4Pt2+4. The Labute approximate surface area is 426 Å². The molecule has 8 heterocycles. The fourth-order valence-electron chi connectivity index (χ4n) is 9.29. The molecule has 6 aromatic carbocycles. The number of fused-ring (bicyclic) bond motifs is 11. The van der Waals surface area contributed by atoms with Gasteiger partial charge < -0.3 is 27.4 Å². The molecule has 70 heavy (non-hydrogen) atoms. The number of hydrogen-bond donors (Lipinski definition) is 0. The van der Waals surface area contributed by atoms with Gasteiger partial charge in [0.25, 0.3) is 12.4 Å². The van der Waals surface area contributed by atoms with Crippen LogP contribution in [0.1, 0.15) is 0 Å². The molecule has 0 fully saturated rings. The summed E-state index contributed by atoms with van der Waals surface area (Å²) in [5, 5.41) is 5.51. The van der Waals surface area contributed by atoms with Crippen molar-refractivity contribution in [2.45, 2.75) is 0 Å². The number of nitrogens with zero attached hydrogens (tertiary/aromatic N) is 8. The van der Waals surface area contributed by atoms with E-state index in [0.717, 1.165) is 76.9 Å². The molecule has 2 aliphatic heterocycles. The van der Waals surface area contributed by atoms with Crippen molar-refractivity contribution in [3.05, 3.63) is 183 Å². The summed E-state index contributed by atoms with van der Waals surface area (Å²) < 4.78 is 38.2. The number of benzene rings is 6. The average molecular weight is 1270 g/mol. The SMILES string of the molecule is C[N+]1=C=[N+](c2[c-]c(Oc3[c-]c4c(cc3)c3c(c5ccc(Oc6[c-]c([N+]7=C=[N+](C)C=C7)cc7c6oc6ccccc67)[c-]c5n3-c3ccccn3)n4-c3ccccn3)c3oc4ccccc4c3c2)C=C1.[Pt+2].[Pt+2]. The van der Waals surface area contributed by atoms with E-state index in [4.69, 9.17) is 28.3 Å². The van der Waals surface area contributed by atoms with Crippen LogP contribution in [-0.4, -0.2) is 63.5 Å². The van der Waals surface area contributed by atoms with E-state index in [9.17, 15) is 0 Å². The summed E-state index contributed by atoms with van der Waals surface area (Å²) in [6.45, 7) is 0. The Morgan fingerprint density at radius 2 is 0.929 bits per heavy atom. The second-order valence-electron chi connectivity index (χ2n) is 16.5. The van der Waals surface area contributed by atoms with Crippen LogP contribution in [0.5, 0.6) is 23.0 Å². The fourth-order valence-corrected chi connectivity index (χ4v) is 9.29. The van der Waals surface area contributed by atoms with Crippen LogP contribution in [0.15, 0.2) is 167 Å². The van der Waals surface area contributed by atoms with Gasteiger partial charge in [0, 0.05) is 45.7 Å². The van der Waals surface area contributed by atoms with Crippen LogP contribution in [-0.2, 0) is 42.1 Å². The third kappa shape index (κ3) is 6.84. The van der Waals surface area contributed by atoms with E-state index in [1.807, 2.05) is 166 Å². The number of furan rings is 2. The van der Waals surface area contributed by atoms with E-state index in [1.165, 1.54) is 0 Å². The molecule has 0 unspecified atom stereocenters. The first kappa shape index (κ1) is 43.1. The summed E-state index contributed by atoms with van der Waals surface area (Å²) in [6, 6.07) is 60.5. The quantitative estimate of drug-likeness (QED) is 0.111. The van der Waals surface area contributed by atoms with Gasteiger partial charge in [-0.3, -0.25) is 0 Å². The largest absolute Gasteiger partial charge is 2.00 e. The van der Waals surface area contributed by atoms with Gasteiger partial charge in [0.15, 0.2) is 14.1 Å². The van der Waals surface area contributed by atoms with Crippen LogP contribution in [0.4, 0.5) is 11.4 Å². The summed E-state index contributed by atoms with van der Waals surface area (Å²) in [6.07, 6.45) is 11.3. The van der Waals surface area contributed by atoms with Crippen LogP contribution < -0.4 is 9.47 Å². The molecule has 6 aromatic heterocycles. The topological polar surface area (TPSA) is 92.4 Å². The Kier molecular flexibility index (Phi) is 10.3. The Hall–Kier alpha value is -8.22. The number of aromatic nitrogens is 4. The second kappa shape index (κ2) is 16.8. The molecule has 0 saturated carbocycles. The minimum Gasteiger partial charge on any atom is -0.512 e. The first-order valence-corrected chi connectivity index (χ1v) is 21.8. The number of rotatable bonds is 8. The van der Waals surface area contributed by atoms with Gasteiger partial charge in [0.1, 0.15) is 34.2 Å². The molecule has 14 heteroatoms. The molecule has 12 nitrogen and oxygen atoms in total. The molecule has 336 valence electrons. The molecule has 0 N–H and O–H groups in total. The third-order valence-electron chi connectivity index (χ3n) is 12.3. The molecule has 0 atom stereocenters. The predicted molar refractivity (Wildman–Crippen MR) is 257 cm³/mol. The van der Waals surface area contributed by atoms with Gasteiger partial charge in [0.05, 0.1) is 22.7 Å². The Bertz CT molecular complexity index is 4100. The molecular weight excluding hydrogens is 1240 g/mol. The molecule has 0 spiro atoms. The van der Waals surface area contributed by atoms with Gasteiger partial charge in [0.2, 0.25) is 12.4 Å². The summed E-state index contributed by atoms with van der Waals surface area (Å²) >= 11 is 0. The van der Waals surface area contributed by atoms with Gasteiger partial charge >= 0.3 is 54.1 Å². The monoisotopic (exact) mass is 1270 g/mol. The van der Waals surface area contributed by atoms with Crippen LogP contribution in [0, 0.1) is 24.3 Å². The van der Waals surface area contributed by atoms with Crippen LogP contribution in [0.2, 0.25) is 0 Å². The summed E-state index contributed by atoms with van der Waals surface area (Å²) in [4.78, 5) is 9.77. The zero-order valence-corrected chi connectivity index (χ0v) is 41.4. The van der Waals surface area contributed by atoms with E-state index >= 15 is 0 Å². The van der Waals surface area contributed by atoms with E-state index in [2.05, 4.69) is 57.5 Å². The van der Waals surface area contributed by atoms with Gasteiger partial charge in [-0.1, -0.05) is 124 Å². The van der Waals surface area contributed by atoms with E-state index in [0.29, 0.717) is 45.8 Å². The van der Waals surface area contributed by atoms with Crippen molar-refractivity contribution in [3.8, 4) is 34.6 Å². The van der Waals surface area contributed by atoms with Crippen molar-refractivity contribution < 1.29 is 78.7 Å². The second-order valence-corrected chi connectivity index (χ2v) is 16.5. The maximum atomic E-state index is 6.79. The summed E-state index contributed by atoms with van der Waals surface area (Å²) in [5.41, 5.74) is 7.40. The third-order valence-corrected chi connectivity index (χ3v) is 12.3. The van der Waals surface area contributed by atoms with Crippen molar-refractivity contribution >= 4 is 100 Å². The first-order valence-electron chi connectivity index (χ1n) is 21.8. The normalized spacial score (nSPS) is 13.1. The van der Waals surface area contributed by atoms with Gasteiger partial charge in [-0.05, 0) is 36.4 Å². The minimum atomic E-state index is 0. The van der Waals surface area contributed by atoms with E-state index in [-0.39, 0.29) is 42.1 Å². The molecule has 0 amide bonds. The minimum absolute atomic E-state index is 0. The predicted octanol–water partition coefficient (Wildman–Crippen LogP) is 12.0. The summed E-state index contributed by atoms with van der Waals surface area (Å²) in [7, 11) is 3.86. The maximum Gasteiger partial charge on any atom is 2.00 e. The molecule has 0 aliphatic carbocycles. The van der Waals surface area contributed by atoms with Crippen molar-refractivity contribution in [1.29, 1.82) is 0 Å². The maximum absolute atomic E-state index is 6.79. The fraction of sp³-hybridized carbons (Fsp3) is 0.0357. The van der Waals surface area contributed by atoms with Gasteiger partial charge in [-0.2, -0.15) is 12.1 Å². The molecule has 0 radical (unpaired) electrons. The zero-order valence-electron chi connectivity index (χ0n) is 36.9. The molecule has 12 aromatic rings. The molecule has 14 rings (SSSR count). The number of para-hydroxylation sites is 2. The zero-order chi connectivity index (χ0) is 45.0. The first-order chi connectivity index (χ1) is 33.5. The van der Waals surface area contributed by atoms with Crippen molar-refractivity contribution in [1.82, 2.24) is 19.1 Å². The number of hydrogen-bond acceptors (Lipinski definition) is 6. The Morgan fingerprint density at radius 3 is 1.34 bits per heavy atom. The van der Waals surface area contributed by atoms with Gasteiger partial charge in [-0.15, -0.1) is 24.3 Å². The smallest absolute Gasteiger partial charge is 0.512 e. The van der Waals surface area contributed by atoms with E-state index < -0.39 is 0 Å². The van der Waals surface area contributed by atoms with Crippen LogP contribution in [0.25, 0.3) is 88.4 Å². The number of ether oxygens (including phenoxy) is 2. The van der Waals surface area contributed by atoms with Crippen LogP contribution >= 0.6 is 0 Å². The van der Waals surface area contributed by atoms with Crippen molar-refractivity contribution in [3.63, 3.8) is 0 Å². The standard InChI is InChI=1S/C56H32N8O4.2Pt/c1-59-23-25-61(33-59)35-27-43-39-11-3-5-13-47(39)67-55(43)49(29-35)65-37-17-19-41-45(31-37)63(51-15-7-9-21-57-51)54-42-20-18-38(32-46(42)64(53(41)54)52-16-8-10-22-58-52)66-50-30-36(62-26-24-60(2)34-62)28-44-40-12-4-6-14-48(40)68-56(44)50;;/h3-28H,1-2H3;;/q;2*+2. The Balaban J connectivity index is 0.00000252. The summed E-state index contributed by atoms with van der Waals surface area (Å²) in [5.74, 6) is 3.15.